The van der Waals surface area contributed by atoms with Crippen molar-refractivity contribution in [1.82, 2.24) is 0 Å². The molecule has 46 valence electrons. The summed E-state index contributed by atoms with van der Waals surface area (Å²) in [6, 6.07) is 0. The van der Waals surface area contributed by atoms with Gasteiger partial charge in [-0.3, -0.25) is 0 Å². The van der Waals surface area contributed by atoms with Gasteiger partial charge in [0.25, 0.3) is 0 Å². The molecule has 0 rings (SSSR count). The summed E-state index contributed by atoms with van der Waals surface area (Å²) in [5.41, 5.74) is 0. The fourth-order valence-electron chi connectivity index (χ4n) is 0. The van der Waals surface area contributed by atoms with Crippen molar-refractivity contribution in [3.8, 4) is 0 Å². The van der Waals surface area contributed by atoms with Crippen LogP contribution >= 0.6 is 0 Å². The molecule has 0 radical (unpaired) electrons. The van der Waals surface area contributed by atoms with Gasteiger partial charge in [-0.05, 0) is 0 Å². The molecule has 0 saturated heterocycles. The molecular formula is H11BiO4TiZn. The van der Waals surface area contributed by atoms with Crippen LogP contribution in [0.15, 0.2) is 0 Å². The van der Waals surface area contributed by atoms with E-state index in [1.165, 1.54) is 0 Å². The van der Waals surface area contributed by atoms with Crippen molar-refractivity contribution < 1.29 is 63.1 Å². The molecule has 0 heterocycles. The third-order valence-electron chi connectivity index (χ3n) is 0. The Morgan fingerprint density at radius 2 is 0.571 bits per heavy atom. The van der Waals surface area contributed by atoms with E-state index >= 15 is 0 Å². The van der Waals surface area contributed by atoms with E-state index in [0.29, 0.717) is 0 Å². The first-order valence-electron chi connectivity index (χ1n) is 0. The molecule has 0 fully saturated rings. The van der Waals surface area contributed by atoms with Crippen molar-refractivity contribution in [2.75, 3.05) is 0 Å². The second-order valence-corrected chi connectivity index (χ2v) is 0. The van der Waals surface area contributed by atoms with Gasteiger partial charge in [0.2, 0.25) is 0 Å². The molecule has 0 aliphatic carbocycles. The maximum absolute atomic E-state index is 0. The predicted molar refractivity (Wildman–Crippen MR) is 24.4 cm³/mol. The molecule has 0 unspecified atom stereocenters. The van der Waals surface area contributed by atoms with Gasteiger partial charge in [0.05, 0.1) is 0 Å². The zero-order valence-electron chi connectivity index (χ0n) is 3.91. The molecular weight excluding hydrogens is 386 g/mol. The topological polar surface area (TPSA) is 126 Å². The molecule has 0 aromatic heterocycles. The molecule has 0 aromatic rings. The van der Waals surface area contributed by atoms with E-state index in [1.807, 2.05) is 0 Å². The van der Waals surface area contributed by atoms with Crippen LogP contribution in [0.5, 0.6) is 0 Å². The average Bonchev–Trinajstić information content (AvgIpc) is 0. The van der Waals surface area contributed by atoms with Crippen LogP contribution in [-0.2, 0) is 41.2 Å². The first-order chi connectivity index (χ1) is 0. The fraction of sp³-hybridized carbons (Fsp3) is 0. The molecule has 0 aliphatic rings. The van der Waals surface area contributed by atoms with Crippen molar-refractivity contribution in [3.63, 3.8) is 0 Å². The summed E-state index contributed by atoms with van der Waals surface area (Å²) in [5, 5.41) is 0. The standard InChI is InChI=1S/Bi.4H2O.Ti.Zn.3H/h;4*1H2;;;;;. The van der Waals surface area contributed by atoms with E-state index in [2.05, 4.69) is 0 Å². The quantitative estimate of drug-likeness (QED) is 0.366. The summed E-state index contributed by atoms with van der Waals surface area (Å²) in [6.07, 6.45) is 0. The van der Waals surface area contributed by atoms with Crippen LogP contribution in [0, 0.1) is 0 Å². The van der Waals surface area contributed by atoms with Crippen LogP contribution in [-0.4, -0.2) is 48.1 Å². The van der Waals surface area contributed by atoms with E-state index in [-0.39, 0.29) is 89.3 Å². The summed E-state index contributed by atoms with van der Waals surface area (Å²) < 4.78 is 0. The van der Waals surface area contributed by atoms with E-state index in [4.69, 9.17) is 0 Å². The third-order valence-corrected chi connectivity index (χ3v) is 0. The molecule has 0 saturated carbocycles. The van der Waals surface area contributed by atoms with Crippen LogP contribution in [0.3, 0.4) is 0 Å². The summed E-state index contributed by atoms with van der Waals surface area (Å²) in [7, 11) is 0. The van der Waals surface area contributed by atoms with Gasteiger partial charge >= 0.3 is 26.2 Å². The van der Waals surface area contributed by atoms with E-state index in [1.54, 1.807) is 0 Å². The smallest absolute Gasteiger partial charge is 0 e. The van der Waals surface area contributed by atoms with Gasteiger partial charge in [-0.1, -0.05) is 0 Å². The minimum atomic E-state index is 0. The SMILES string of the molecule is O.O.O.O.[BiH3].[Ti].[Zn]. The van der Waals surface area contributed by atoms with Crippen LogP contribution in [0.4, 0.5) is 0 Å². The summed E-state index contributed by atoms with van der Waals surface area (Å²) in [6.45, 7) is 0. The summed E-state index contributed by atoms with van der Waals surface area (Å²) in [4.78, 5) is 0. The van der Waals surface area contributed by atoms with Gasteiger partial charge in [0, 0.05) is 41.2 Å². The van der Waals surface area contributed by atoms with Crippen molar-refractivity contribution in [1.29, 1.82) is 0 Å². The number of hydrogen-bond acceptors (Lipinski definition) is 0. The molecule has 4 nitrogen and oxygen atoms in total. The minimum Gasteiger partial charge on any atom is 0 e. The maximum Gasteiger partial charge on any atom is 0 e. The first kappa shape index (κ1) is 139. The first-order valence-corrected chi connectivity index (χ1v) is 0. The maximum atomic E-state index is 0. The molecule has 7 heteroatoms. The van der Waals surface area contributed by atoms with Gasteiger partial charge in [-0.25, -0.2) is 0 Å². The Morgan fingerprint density at radius 3 is 0.571 bits per heavy atom. The molecule has 0 spiro atoms. The summed E-state index contributed by atoms with van der Waals surface area (Å²) in [5.74, 6) is 0. The van der Waals surface area contributed by atoms with E-state index in [0.717, 1.165) is 0 Å². The van der Waals surface area contributed by atoms with Gasteiger partial charge in [0.15, 0.2) is 0 Å². The molecule has 0 aliphatic heterocycles. The molecule has 0 bridgehead atoms. The molecule has 0 amide bonds. The predicted octanol–water partition coefficient (Wildman–Crippen LogP) is -4.49. The number of rotatable bonds is 0. The Labute approximate surface area is 88.4 Å². The van der Waals surface area contributed by atoms with Crippen LogP contribution < -0.4 is 0 Å². The minimum absolute atomic E-state index is 0. The Balaban J connectivity index is 0. The Bertz CT molecular complexity index is 11.7. The largest absolute Gasteiger partial charge is 0 e. The van der Waals surface area contributed by atoms with Crippen molar-refractivity contribution in [3.05, 3.63) is 0 Å². The van der Waals surface area contributed by atoms with E-state index in [9.17, 15) is 0 Å². The third kappa shape index (κ3) is 69.7. The number of hydrogen-bond donors (Lipinski definition) is 0. The van der Waals surface area contributed by atoms with Gasteiger partial charge in [-0.2, -0.15) is 0 Å². The Hall–Kier alpha value is 2.06. The van der Waals surface area contributed by atoms with Crippen molar-refractivity contribution in [2.45, 2.75) is 0 Å². The summed E-state index contributed by atoms with van der Waals surface area (Å²) >= 11 is 0. The van der Waals surface area contributed by atoms with Gasteiger partial charge < -0.3 is 21.9 Å². The Kier molecular flexibility index (Phi) is 1870. The van der Waals surface area contributed by atoms with Crippen LogP contribution in [0.1, 0.15) is 0 Å². The Morgan fingerprint density at radius 1 is 0.571 bits per heavy atom. The average molecular weight is 397 g/mol. The van der Waals surface area contributed by atoms with Crippen LogP contribution in [0.2, 0.25) is 0 Å². The second-order valence-electron chi connectivity index (χ2n) is 0. The van der Waals surface area contributed by atoms with Crippen LogP contribution in [0.25, 0.3) is 0 Å². The fourth-order valence-corrected chi connectivity index (χ4v) is 0. The monoisotopic (exact) mass is 396 g/mol. The second kappa shape index (κ2) is 94.6. The van der Waals surface area contributed by atoms with Gasteiger partial charge in [-0.15, -0.1) is 0 Å². The molecule has 0 atom stereocenters. The molecule has 7 heavy (non-hydrogen) atoms. The van der Waals surface area contributed by atoms with Gasteiger partial charge in [0.1, 0.15) is 0 Å². The zero-order valence-corrected chi connectivity index (χ0v) is 13.9. The molecule has 0 aromatic carbocycles. The zero-order chi connectivity index (χ0) is 0. The molecule has 8 N–H and O–H groups in total. The van der Waals surface area contributed by atoms with E-state index < -0.39 is 0 Å². The van der Waals surface area contributed by atoms with Crippen molar-refractivity contribution in [2.24, 2.45) is 0 Å². The normalized spacial score (nSPS) is 0. The van der Waals surface area contributed by atoms with Crippen molar-refractivity contribution >= 4 is 26.2 Å².